The number of hydrogen-bond donors (Lipinski definition) is 1. The van der Waals surface area contributed by atoms with Crippen LogP contribution in [0.3, 0.4) is 0 Å². The molecule has 3 aromatic rings. The van der Waals surface area contributed by atoms with Crippen LogP contribution in [0.25, 0.3) is 22.3 Å². The zero-order valence-electron chi connectivity index (χ0n) is 16.9. The third kappa shape index (κ3) is 3.72. The molecule has 0 aliphatic rings. The van der Waals surface area contributed by atoms with E-state index >= 15 is 0 Å². The van der Waals surface area contributed by atoms with Crippen molar-refractivity contribution in [1.29, 1.82) is 0 Å². The second-order valence-corrected chi connectivity index (χ2v) is 19.0. The van der Waals surface area contributed by atoms with Crippen LogP contribution in [-0.4, -0.2) is 31.5 Å². The molecule has 0 saturated carbocycles. The number of rotatable bonds is 4. The molecule has 3 rings (SSSR count). The third-order valence-corrected chi connectivity index (χ3v) is 8.34. The minimum atomic E-state index is -2.00. The summed E-state index contributed by atoms with van der Waals surface area (Å²) in [5.74, 6) is 0. The van der Waals surface area contributed by atoms with Gasteiger partial charge in [0.1, 0.15) is 13.5 Å². The zero-order valence-corrected chi connectivity index (χ0v) is 18.9. The Morgan fingerprint density at radius 3 is 2.22 bits per heavy atom. The van der Waals surface area contributed by atoms with Crippen molar-refractivity contribution in [2.75, 3.05) is 5.73 Å². The van der Waals surface area contributed by atoms with Gasteiger partial charge in [-0.2, -0.15) is 0 Å². The molecule has 2 N–H and O–H groups in total. The summed E-state index contributed by atoms with van der Waals surface area (Å²) in [5.41, 5.74) is 9.96. The first-order chi connectivity index (χ1) is 12.5. The number of nitrogens with two attached hydrogens (primary N) is 1. The van der Waals surface area contributed by atoms with E-state index in [4.69, 9.17) is 10.7 Å². The number of pyridine rings is 2. The average Bonchev–Trinajstić information content (AvgIpc) is 2.60. The summed E-state index contributed by atoms with van der Waals surface area (Å²) < 4.78 is 0. The van der Waals surface area contributed by atoms with Crippen molar-refractivity contribution < 1.29 is 4.79 Å². The van der Waals surface area contributed by atoms with E-state index in [-0.39, 0.29) is 5.41 Å². The molecule has 0 aliphatic carbocycles. The molecule has 27 heavy (non-hydrogen) atoms. The van der Waals surface area contributed by atoms with Gasteiger partial charge in [-0.1, -0.05) is 51.4 Å². The minimum Gasteiger partial charge on any atom is -0.396 e. The van der Waals surface area contributed by atoms with E-state index in [2.05, 4.69) is 30.7 Å². The molecule has 0 aliphatic heterocycles. The molecule has 4 nitrogen and oxygen atoms in total. The molecule has 2 aromatic heterocycles. The van der Waals surface area contributed by atoms with E-state index in [0.717, 1.165) is 22.3 Å². The Labute approximate surface area is 162 Å². The van der Waals surface area contributed by atoms with Gasteiger partial charge >= 0.3 is 0 Å². The number of aromatic nitrogens is 2. The second-order valence-electron chi connectivity index (χ2n) is 9.02. The van der Waals surface area contributed by atoms with E-state index in [9.17, 15) is 4.79 Å². The molecule has 0 radical (unpaired) electrons. The number of fused-ring (bicyclic) bond motifs is 1. The van der Waals surface area contributed by atoms with Crippen molar-refractivity contribution in [3.05, 3.63) is 48.2 Å². The average molecular weight is 394 g/mol. The molecule has 0 amide bonds. The van der Waals surface area contributed by atoms with E-state index < -0.39 is 16.1 Å². The molecular weight excluding hydrogens is 366 g/mol. The van der Waals surface area contributed by atoms with Gasteiger partial charge in [0, 0.05) is 17.1 Å². The van der Waals surface area contributed by atoms with Gasteiger partial charge in [-0.25, -0.2) is 4.98 Å². The van der Waals surface area contributed by atoms with Gasteiger partial charge in [-0.05, 0) is 29.5 Å². The number of carbonyl (C=O) groups excluding carboxylic acids is 1. The van der Waals surface area contributed by atoms with Crippen molar-refractivity contribution in [3.63, 3.8) is 0 Å². The van der Waals surface area contributed by atoms with Gasteiger partial charge in [0.25, 0.3) is 0 Å². The molecule has 0 unspecified atom stereocenters. The molecule has 140 valence electrons. The third-order valence-electron chi connectivity index (χ3n) is 4.68. The number of hydrogen-bond acceptors (Lipinski definition) is 4. The largest absolute Gasteiger partial charge is 0.396 e. The predicted molar refractivity (Wildman–Crippen MR) is 120 cm³/mol. The number of nitrogen functional groups attached to an aromatic ring is 1. The van der Waals surface area contributed by atoms with E-state index in [0.29, 0.717) is 11.3 Å². The van der Waals surface area contributed by atoms with Crippen molar-refractivity contribution in [2.24, 2.45) is 0 Å². The Morgan fingerprint density at radius 1 is 0.963 bits per heavy atom. The number of nitrogens with zero attached hydrogens (tertiary/aromatic N) is 2. The summed E-state index contributed by atoms with van der Waals surface area (Å²) >= 11 is 0. The Hall–Kier alpha value is -2.32. The van der Waals surface area contributed by atoms with Gasteiger partial charge in [0.2, 0.25) is 0 Å². The highest BCUT2D eigenvalue weighted by Gasteiger charge is 2.29. The van der Waals surface area contributed by atoms with Crippen molar-refractivity contribution in [3.8, 4) is 11.4 Å². The number of carbonyl (C=O) groups is 1. The highest BCUT2D eigenvalue weighted by Crippen LogP contribution is 2.29. The summed E-state index contributed by atoms with van der Waals surface area (Å²) in [6, 6.07) is 11.9. The topological polar surface area (TPSA) is 68.9 Å². The smallest absolute Gasteiger partial charge is 0.141 e. The van der Waals surface area contributed by atoms with Crippen LogP contribution < -0.4 is 10.9 Å². The number of anilines is 1. The van der Waals surface area contributed by atoms with E-state index in [1.54, 1.807) is 6.20 Å². The molecule has 0 fully saturated rings. The van der Waals surface area contributed by atoms with Gasteiger partial charge in [-0.3, -0.25) is 4.98 Å². The molecule has 0 atom stereocenters. The Kier molecular flexibility index (Phi) is 4.82. The van der Waals surface area contributed by atoms with Crippen LogP contribution in [0.5, 0.6) is 0 Å². The van der Waals surface area contributed by atoms with Crippen LogP contribution >= 0.6 is 0 Å². The Balaban J connectivity index is 2.36. The van der Waals surface area contributed by atoms with Crippen LogP contribution in [0, 0.1) is 0 Å². The highest BCUT2D eigenvalue weighted by molar-refractivity contribution is 7.05. The standard InChI is InChI=1S/C21H27N3OSi2/c1-26(2,3)18-13-17(16-9-7-8-12-23-16)24-20-14(18)10-11-15(19(20)22)21(25)27(4,5)6/h7-13H,22H2,1-6H3. The fraction of sp³-hybridized carbons (Fsp3) is 0.286. The highest BCUT2D eigenvalue weighted by atomic mass is 28.3. The second kappa shape index (κ2) is 6.69. The molecule has 1 aromatic carbocycles. The molecule has 2 heterocycles. The summed E-state index contributed by atoms with van der Waals surface area (Å²) in [7, 11) is -3.66. The first-order valence-corrected chi connectivity index (χ1v) is 16.2. The fourth-order valence-electron chi connectivity index (χ4n) is 3.18. The van der Waals surface area contributed by atoms with Crippen molar-refractivity contribution >= 4 is 43.3 Å². The SMILES string of the molecule is C[Si](C)(C)C(=O)c1ccc2c([Si](C)(C)C)cc(-c3ccccn3)nc2c1N. The van der Waals surface area contributed by atoms with Gasteiger partial charge < -0.3 is 10.5 Å². The minimum absolute atomic E-state index is 0.168. The van der Waals surface area contributed by atoms with Crippen LogP contribution in [0.15, 0.2) is 42.6 Å². The normalized spacial score (nSPS) is 12.4. The maximum absolute atomic E-state index is 12.9. The maximum atomic E-state index is 12.9. The molecule has 6 heteroatoms. The zero-order chi connectivity index (χ0) is 20.0. The molecule has 0 spiro atoms. The van der Waals surface area contributed by atoms with E-state index in [1.807, 2.05) is 50.0 Å². The summed E-state index contributed by atoms with van der Waals surface area (Å²) in [6.45, 7) is 13.1. The summed E-state index contributed by atoms with van der Waals surface area (Å²) in [4.78, 5) is 22.2. The lowest BCUT2D eigenvalue weighted by molar-refractivity contribution is 0.106. The molecular formula is C21H27N3OSi2. The first-order valence-electron chi connectivity index (χ1n) is 9.20. The van der Waals surface area contributed by atoms with Crippen LogP contribution in [-0.2, 0) is 0 Å². The monoisotopic (exact) mass is 393 g/mol. The van der Waals surface area contributed by atoms with Crippen LogP contribution in [0.4, 0.5) is 5.69 Å². The lowest BCUT2D eigenvalue weighted by atomic mass is 10.1. The van der Waals surface area contributed by atoms with Gasteiger partial charge in [-0.15, -0.1) is 0 Å². The molecule has 0 saturated heterocycles. The summed E-state index contributed by atoms with van der Waals surface area (Å²) in [5, 5.41) is 2.51. The number of benzene rings is 1. The maximum Gasteiger partial charge on any atom is 0.141 e. The van der Waals surface area contributed by atoms with Gasteiger partial charge in [0.15, 0.2) is 0 Å². The van der Waals surface area contributed by atoms with Gasteiger partial charge in [0.05, 0.1) is 30.7 Å². The predicted octanol–water partition coefficient (Wildman–Crippen LogP) is 4.48. The lowest BCUT2D eigenvalue weighted by Gasteiger charge is -2.22. The Morgan fingerprint density at radius 2 is 1.67 bits per heavy atom. The summed E-state index contributed by atoms with van der Waals surface area (Å²) in [6.07, 6.45) is 1.77. The molecule has 0 bridgehead atoms. The first kappa shape index (κ1) is 19.4. The van der Waals surface area contributed by atoms with Crippen LogP contribution in [0.2, 0.25) is 39.3 Å². The lowest BCUT2D eigenvalue weighted by Crippen LogP contribution is -2.39. The quantitative estimate of drug-likeness (QED) is 0.524. The van der Waals surface area contributed by atoms with E-state index in [1.165, 1.54) is 5.19 Å². The van der Waals surface area contributed by atoms with Crippen molar-refractivity contribution in [2.45, 2.75) is 39.3 Å². The van der Waals surface area contributed by atoms with Crippen LogP contribution in [0.1, 0.15) is 10.4 Å². The Bertz CT molecular complexity index is 1020. The van der Waals surface area contributed by atoms with Crippen molar-refractivity contribution in [1.82, 2.24) is 9.97 Å². The fourth-order valence-corrected chi connectivity index (χ4v) is 5.79.